The maximum Gasteiger partial charge on any atom is 0.241 e. The molecule has 0 radical (unpaired) electrons. The van der Waals surface area contributed by atoms with Crippen LogP contribution in [0.5, 0.6) is 0 Å². The Morgan fingerprint density at radius 3 is 2.45 bits per heavy atom. The Bertz CT molecular complexity index is 903. The minimum Gasteiger partial charge on any atom is -0.356 e. The van der Waals surface area contributed by atoms with Crippen LogP contribution in [0.4, 0.5) is 0 Å². The van der Waals surface area contributed by atoms with E-state index in [0.29, 0.717) is 24.8 Å². The van der Waals surface area contributed by atoms with Crippen molar-refractivity contribution in [2.75, 3.05) is 19.6 Å². The molecule has 0 bridgehead atoms. The van der Waals surface area contributed by atoms with Crippen LogP contribution in [0.15, 0.2) is 65.2 Å². The van der Waals surface area contributed by atoms with E-state index in [0.717, 1.165) is 37.9 Å². The summed E-state index contributed by atoms with van der Waals surface area (Å²) >= 11 is 0. The van der Waals surface area contributed by atoms with Crippen LogP contribution < -0.4 is 5.32 Å². The van der Waals surface area contributed by atoms with Crippen molar-refractivity contribution in [3.63, 3.8) is 0 Å². The molecular weight excluding hydrogens is 364 g/mol. The lowest BCUT2D eigenvalue weighted by atomic mass is 9.96. The highest BCUT2D eigenvalue weighted by molar-refractivity contribution is 5.78. The molecule has 1 fully saturated rings. The van der Waals surface area contributed by atoms with Gasteiger partial charge in [-0.25, -0.2) is 0 Å². The van der Waals surface area contributed by atoms with E-state index in [-0.39, 0.29) is 11.8 Å². The zero-order chi connectivity index (χ0) is 19.9. The van der Waals surface area contributed by atoms with Crippen LogP contribution in [-0.2, 0) is 17.8 Å². The molecule has 150 valence electrons. The normalized spacial score (nSPS) is 15.3. The zero-order valence-electron chi connectivity index (χ0n) is 16.5. The monoisotopic (exact) mass is 390 g/mol. The molecule has 3 aromatic rings. The van der Waals surface area contributed by atoms with Crippen molar-refractivity contribution in [1.82, 2.24) is 20.4 Å². The van der Waals surface area contributed by atoms with Gasteiger partial charge in [-0.15, -0.1) is 0 Å². The van der Waals surface area contributed by atoms with Crippen molar-refractivity contribution in [1.29, 1.82) is 0 Å². The number of hydrogen-bond donors (Lipinski definition) is 1. The summed E-state index contributed by atoms with van der Waals surface area (Å²) in [5.74, 6) is 1.50. The van der Waals surface area contributed by atoms with Gasteiger partial charge in [-0.05, 0) is 37.9 Å². The van der Waals surface area contributed by atoms with Gasteiger partial charge >= 0.3 is 0 Å². The first-order valence-electron chi connectivity index (χ1n) is 10.2. The molecule has 1 aliphatic heterocycles. The molecule has 0 aliphatic carbocycles. The number of hydrogen-bond acceptors (Lipinski definition) is 5. The smallest absolute Gasteiger partial charge is 0.241 e. The number of carbonyl (C=O) groups is 1. The Labute approximate surface area is 170 Å². The van der Waals surface area contributed by atoms with Crippen molar-refractivity contribution in [3.8, 4) is 11.4 Å². The summed E-state index contributed by atoms with van der Waals surface area (Å²) in [5, 5.41) is 7.17. The van der Waals surface area contributed by atoms with Crippen molar-refractivity contribution < 1.29 is 9.32 Å². The summed E-state index contributed by atoms with van der Waals surface area (Å²) in [5.41, 5.74) is 2.20. The van der Waals surface area contributed by atoms with Gasteiger partial charge in [-0.1, -0.05) is 65.8 Å². The SMILES string of the molecule is O=C(NCCc1ccccc1)C1CCN(Cc2nc(-c3ccccc3)no2)CC1. The van der Waals surface area contributed by atoms with E-state index in [2.05, 4.69) is 32.5 Å². The predicted octanol–water partition coefficient (Wildman–Crippen LogP) is 3.31. The van der Waals surface area contributed by atoms with Crippen molar-refractivity contribution in [2.24, 2.45) is 5.92 Å². The fourth-order valence-corrected chi connectivity index (χ4v) is 3.69. The Morgan fingerprint density at radius 1 is 1.03 bits per heavy atom. The summed E-state index contributed by atoms with van der Waals surface area (Å²) in [7, 11) is 0. The standard InChI is InChI=1S/C23H26N4O2/c28-23(24-14-11-18-7-3-1-4-8-18)20-12-15-27(16-13-20)17-21-25-22(26-29-21)19-9-5-2-6-10-19/h1-10,20H,11-17H2,(H,24,28). The van der Waals surface area contributed by atoms with Gasteiger partial charge in [0.2, 0.25) is 17.6 Å². The van der Waals surface area contributed by atoms with E-state index in [4.69, 9.17) is 4.52 Å². The molecule has 1 saturated heterocycles. The summed E-state index contributed by atoms with van der Waals surface area (Å²) in [6.07, 6.45) is 2.58. The first-order chi connectivity index (χ1) is 14.3. The minimum atomic E-state index is 0.0876. The van der Waals surface area contributed by atoms with Gasteiger partial charge in [0.05, 0.1) is 6.54 Å². The summed E-state index contributed by atoms with van der Waals surface area (Å²) in [6, 6.07) is 20.1. The molecular formula is C23H26N4O2. The van der Waals surface area contributed by atoms with E-state index in [1.807, 2.05) is 48.5 Å². The van der Waals surface area contributed by atoms with Gasteiger partial charge in [0.25, 0.3) is 0 Å². The number of carbonyl (C=O) groups excluding carboxylic acids is 1. The highest BCUT2D eigenvalue weighted by Gasteiger charge is 2.25. The molecule has 0 spiro atoms. The van der Waals surface area contributed by atoms with Crippen LogP contribution in [0.1, 0.15) is 24.3 Å². The number of nitrogens with zero attached hydrogens (tertiary/aromatic N) is 3. The lowest BCUT2D eigenvalue weighted by molar-refractivity contribution is -0.126. The molecule has 0 atom stereocenters. The third kappa shape index (κ3) is 5.29. The van der Waals surface area contributed by atoms with Crippen LogP contribution >= 0.6 is 0 Å². The fraction of sp³-hybridized carbons (Fsp3) is 0.348. The number of likely N-dealkylation sites (tertiary alicyclic amines) is 1. The van der Waals surface area contributed by atoms with Crippen LogP contribution in [0.2, 0.25) is 0 Å². The lowest BCUT2D eigenvalue weighted by Gasteiger charge is -2.30. The maximum absolute atomic E-state index is 12.4. The first-order valence-corrected chi connectivity index (χ1v) is 10.2. The van der Waals surface area contributed by atoms with Crippen LogP contribution in [0, 0.1) is 5.92 Å². The second-order valence-electron chi connectivity index (χ2n) is 7.45. The molecule has 6 heteroatoms. The average Bonchev–Trinajstić information content (AvgIpc) is 3.24. The van der Waals surface area contributed by atoms with E-state index in [9.17, 15) is 4.79 Å². The van der Waals surface area contributed by atoms with Crippen LogP contribution in [0.25, 0.3) is 11.4 Å². The molecule has 1 amide bonds. The Hall–Kier alpha value is -2.99. The molecule has 1 aliphatic rings. The highest BCUT2D eigenvalue weighted by atomic mass is 16.5. The number of aromatic nitrogens is 2. The molecule has 1 N–H and O–H groups in total. The van der Waals surface area contributed by atoms with Gasteiger partial charge in [-0.2, -0.15) is 4.98 Å². The van der Waals surface area contributed by atoms with Crippen LogP contribution in [-0.4, -0.2) is 40.6 Å². The van der Waals surface area contributed by atoms with Crippen LogP contribution in [0.3, 0.4) is 0 Å². The third-order valence-corrected chi connectivity index (χ3v) is 5.37. The fourth-order valence-electron chi connectivity index (χ4n) is 3.69. The second-order valence-corrected chi connectivity index (χ2v) is 7.45. The average molecular weight is 390 g/mol. The molecule has 0 saturated carbocycles. The van der Waals surface area contributed by atoms with E-state index < -0.39 is 0 Å². The number of rotatable bonds is 7. The predicted molar refractivity (Wildman–Crippen MR) is 111 cm³/mol. The number of amides is 1. The van der Waals surface area contributed by atoms with Crippen molar-refractivity contribution >= 4 is 5.91 Å². The molecule has 1 aromatic heterocycles. The second kappa shape index (κ2) is 9.47. The summed E-state index contributed by atoms with van der Waals surface area (Å²) in [4.78, 5) is 19.2. The summed E-state index contributed by atoms with van der Waals surface area (Å²) < 4.78 is 5.41. The Morgan fingerprint density at radius 2 is 1.72 bits per heavy atom. The van der Waals surface area contributed by atoms with Gasteiger partial charge in [0, 0.05) is 18.0 Å². The molecule has 6 nitrogen and oxygen atoms in total. The minimum absolute atomic E-state index is 0.0876. The number of benzene rings is 2. The van der Waals surface area contributed by atoms with Gasteiger partial charge in [0.15, 0.2) is 0 Å². The Kier molecular flexibility index (Phi) is 6.32. The third-order valence-electron chi connectivity index (χ3n) is 5.37. The van der Waals surface area contributed by atoms with Gasteiger partial charge < -0.3 is 9.84 Å². The first kappa shape index (κ1) is 19.3. The quantitative estimate of drug-likeness (QED) is 0.670. The molecule has 29 heavy (non-hydrogen) atoms. The molecule has 0 unspecified atom stereocenters. The molecule has 2 heterocycles. The largest absolute Gasteiger partial charge is 0.356 e. The topological polar surface area (TPSA) is 71.3 Å². The van der Waals surface area contributed by atoms with Crippen molar-refractivity contribution in [3.05, 3.63) is 72.1 Å². The van der Waals surface area contributed by atoms with E-state index in [1.54, 1.807) is 0 Å². The Balaban J connectivity index is 1.20. The van der Waals surface area contributed by atoms with Gasteiger partial charge in [-0.3, -0.25) is 9.69 Å². The molecule has 2 aromatic carbocycles. The lowest BCUT2D eigenvalue weighted by Crippen LogP contribution is -2.40. The van der Waals surface area contributed by atoms with E-state index in [1.165, 1.54) is 5.56 Å². The van der Waals surface area contributed by atoms with Gasteiger partial charge in [0.1, 0.15) is 0 Å². The maximum atomic E-state index is 12.4. The zero-order valence-corrected chi connectivity index (χ0v) is 16.5. The van der Waals surface area contributed by atoms with E-state index >= 15 is 0 Å². The number of nitrogens with one attached hydrogen (secondary N) is 1. The highest BCUT2D eigenvalue weighted by Crippen LogP contribution is 2.20. The molecule has 4 rings (SSSR count). The summed E-state index contributed by atoms with van der Waals surface area (Å²) in [6.45, 7) is 3.04. The van der Waals surface area contributed by atoms with Crippen molar-refractivity contribution in [2.45, 2.75) is 25.8 Å². The number of piperidine rings is 1.